The molecule has 2 heterocycles. The van der Waals surface area contributed by atoms with Crippen LogP contribution in [0.3, 0.4) is 0 Å². The van der Waals surface area contributed by atoms with Gasteiger partial charge in [-0.3, -0.25) is 4.98 Å². The molecule has 160 valence electrons. The number of nitrogens with zero attached hydrogens (tertiary/aromatic N) is 4. The maximum Gasteiger partial charge on any atom is 0.143 e. The molecule has 0 aliphatic heterocycles. The van der Waals surface area contributed by atoms with E-state index in [0.29, 0.717) is 33.2 Å². The molecule has 0 spiro atoms. The van der Waals surface area contributed by atoms with Crippen LogP contribution in [-0.2, 0) is 5.75 Å². The van der Waals surface area contributed by atoms with E-state index in [9.17, 15) is 15.6 Å². The minimum Gasteiger partial charge on any atom is -0.488 e. The van der Waals surface area contributed by atoms with Crippen LogP contribution in [0.5, 0.6) is 5.75 Å². The minimum atomic E-state index is -0.454. The molecular weight excluding hydrogens is 422 g/mol. The fourth-order valence-corrected chi connectivity index (χ4v) is 4.67. The van der Waals surface area contributed by atoms with Gasteiger partial charge in [0.15, 0.2) is 0 Å². The molecule has 3 aromatic rings. The number of nitriles is 2. The Morgan fingerprint density at radius 3 is 2.53 bits per heavy atom. The van der Waals surface area contributed by atoms with E-state index >= 15 is 0 Å². The fourth-order valence-electron chi connectivity index (χ4n) is 3.75. The first-order chi connectivity index (χ1) is 15.6. The van der Waals surface area contributed by atoms with Gasteiger partial charge in [0.1, 0.15) is 40.4 Å². The Bertz CT molecular complexity index is 1190. The molecule has 0 saturated heterocycles. The van der Waals surface area contributed by atoms with Gasteiger partial charge in [-0.2, -0.15) is 10.5 Å². The van der Waals surface area contributed by atoms with Crippen molar-refractivity contribution < 1.29 is 9.84 Å². The Kier molecular flexibility index (Phi) is 6.55. The smallest absolute Gasteiger partial charge is 0.143 e. The average Bonchev–Trinajstić information content (AvgIpc) is 3.22. The van der Waals surface area contributed by atoms with Crippen molar-refractivity contribution >= 4 is 17.6 Å². The molecule has 1 fully saturated rings. The maximum atomic E-state index is 9.99. The van der Waals surface area contributed by atoms with Crippen molar-refractivity contribution in [2.45, 2.75) is 42.2 Å². The van der Waals surface area contributed by atoms with Crippen LogP contribution in [0.25, 0.3) is 11.1 Å². The molecule has 32 heavy (non-hydrogen) atoms. The summed E-state index contributed by atoms with van der Waals surface area (Å²) in [6.45, 7) is 0. The van der Waals surface area contributed by atoms with E-state index in [-0.39, 0.29) is 17.5 Å². The van der Waals surface area contributed by atoms with Gasteiger partial charge in [-0.1, -0.05) is 18.2 Å². The van der Waals surface area contributed by atoms with Crippen LogP contribution in [0.15, 0.2) is 53.8 Å². The molecule has 2 aromatic heterocycles. The zero-order valence-corrected chi connectivity index (χ0v) is 18.0. The van der Waals surface area contributed by atoms with Crippen LogP contribution in [0.2, 0.25) is 0 Å². The van der Waals surface area contributed by atoms with Gasteiger partial charge < -0.3 is 15.6 Å². The van der Waals surface area contributed by atoms with Crippen LogP contribution in [0.4, 0.5) is 5.82 Å². The Morgan fingerprint density at radius 1 is 1.12 bits per heavy atom. The summed E-state index contributed by atoms with van der Waals surface area (Å²) in [6, 6.07) is 15.2. The third-order valence-electron chi connectivity index (χ3n) is 5.36. The second kappa shape index (κ2) is 9.69. The highest BCUT2D eigenvalue weighted by molar-refractivity contribution is 7.98. The van der Waals surface area contributed by atoms with Gasteiger partial charge in [0.2, 0.25) is 0 Å². The molecule has 0 bridgehead atoms. The Labute approximate surface area is 190 Å². The number of hydrogen-bond acceptors (Lipinski definition) is 8. The number of pyridine rings is 2. The summed E-state index contributed by atoms with van der Waals surface area (Å²) < 4.78 is 5.90. The molecule has 1 aromatic carbocycles. The average molecular weight is 444 g/mol. The van der Waals surface area contributed by atoms with Gasteiger partial charge in [0, 0.05) is 23.7 Å². The number of aliphatic hydroxyl groups excluding tert-OH is 1. The van der Waals surface area contributed by atoms with Gasteiger partial charge in [-0.05, 0) is 48.6 Å². The van der Waals surface area contributed by atoms with Crippen molar-refractivity contribution in [2.24, 2.45) is 0 Å². The van der Waals surface area contributed by atoms with Crippen molar-refractivity contribution in [2.75, 3.05) is 5.73 Å². The maximum absolute atomic E-state index is 9.99. The largest absolute Gasteiger partial charge is 0.488 e. The number of nitrogen functional groups attached to an aromatic ring is 1. The summed E-state index contributed by atoms with van der Waals surface area (Å²) in [5.41, 5.74) is 8.71. The molecule has 0 unspecified atom stereocenters. The SMILES string of the molecule is N#Cc1c(N)nc(SCc2cccnc2)c(C#N)c1-c1ccc(O[C@@H]2CCC[C@H]2O)cc1. The van der Waals surface area contributed by atoms with E-state index in [0.717, 1.165) is 24.8 Å². The number of benzene rings is 1. The summed E-state index contributed by atoms with van der Waals surface area (Å²) in [5.74, 6) is 1.28. The van der Waals surface area contributed by atoms with Gasteiger partial charge in [0.05, 0.1) is 11.7 Å². The quantitative estimate of drug-likeness (QED) is 0.546. The molecule has 1 aliphatic carbocycles. The number of aromatic nitrogens is 2. The second-order valence-corrected chi connectivity index (χ2v) is 8.44. The highest BCUT2D eigenvalue weighted by Gasteiger charge is 2.27. The summed E-state index contributed by atoms with van der Waals surface area (Å²) in [4.78, 5) is 8.44. The topological polar surface area (TPSA) is 129 Å². The Morgan fingerprint density at radius 2 is 1.91 bits per heavy atom. The number of aliphatic hydroxyl groups is 1. The van der Waals surface area contributed by atoms with Crippen molar-refractivity contribution in [1.82, 2.24) is 9.97 Å². The second-order valence-electron chi connectivity index (χ2n) is 7.48. The molecule has 0 amide bonds. The predicted molar refractivity (Wildman–Crippen MR) is 122 cm³/mol. The first-order valence-corrected chi connectivity index (χ1v) is 11.2. The molecule has 7 nitrogen and oxygen atoms in total. The molecule has 1 aliphatic rings. The van der Waals surface area contributed by atoms with E-state index in [1.54, 1.807) is 36.7 Å². The van der Waals surface area contributed by atoms with Gasteiger partial charge in [-0.15, -0.1) is 11.8 Å². The number of rotatable bonds is 6. The Hall–Kier alpha value is -3.59. The van der Waals surface area contributed by atoms with Crippen LogP contribution >= 0.6 is 11.8 Å². The standard InChI is InChI=1S/C24H21N5O2S/c25-11-18-22(16-6-8-17(9-7-16)31-21-5-1-4-20(21)30)19(12-26)24(29-23(18)27)32-14-15-3-2-10-28-13-15/h2-3,6-10,13,20-21,30H,1,4-5,14H2,(H2,27,29)/t20-,21-/m1/s1. The van der Waals surface area contributed by atoms with E-state index in [2.05, 4.69) is 22.1 Å². The van der Waals surface area contributed by atoms with Crippen molar-refractivity contribution in [1.29, 1.82) is 10.5 Å². The van der Waals surface area contributed by atoms with Crippen molar-refractivity contribution in [3.8, 4) is 29.0 Å². The first-order valence-electron chi connectivity index (χ1n) is 10.2. The van der Waals surface area contributed by atoms with E-state index in [1.165, 1.54) is 11.8 Å². The van der Waals surface area contributed by atoms with Gasteiger partial charge in [-0.25, -0.2) is 4.98 Å². The third kappa shape index (κ3) is 4.52. The number of nitrogens with two attached hydrogens (primary N) is 1. The molecule has 1 saturated carbocycles. The third-order valence-corrected chi connectivity index (χ3v) is 6.41. The molecular formula is C24H21N5O2S. The zero-order valence-electron chi connectivity index (χ0n) is 17.2. The van der Waals surface area contributed by atoms with E-state index in [4.69, 9.17) is 10.5 Å². The lowest BCUT2D eigenvalue weighted by atomic mass is 9.97. The van der Waals surface area contributed by atoms with Crippen LogP contribution in [-0.4, -0.2) is 27.3 Å². The predicted octanol–water partition coefficient (Wildman–Crippen LogP) is 4.05. The van der Waals surface area contributed by atoms with Crippen molar-refractivity contribution in [3.05, 3.63) is 65.5 Å². The normalized spacial score (nSPS) is 17.5. The van der Waals surface area contributed by atoms with Crippen LogP contribution in [0.1, 0.15) is 36.0 Å². The number of hydrogen-bond donors (Lipinski definition) is 2. The summed E-state index contributed by atoms with van der Waals surface area (Å²) in [7, 11) is 0. The molecule has 0 radical (unpaired) electrons. The van der Waals surface area contributed by atoms with Crippen LogP contribution < -0.4 is 10.5 Å². The lowest BCUT2D eigenvalue weighted by Crippen LogP contribution is -2.25. The number of ether oxygens (including phenoxy) is 1. The van der Waals surface area contributed by atoms with Gasteiger partial charge in [0.25, 0.3) is 0 Å². The number of anilines is 1. The molecule has 3 N–H and O–H groups in total. The molecule has 2 atom stereocenters. The number of thioether (sulfide) groups is 1. The summed E-state index contributed by atoms with van der Waals surface area (Å²) in [5, 5.41) is 30.1. The zero-order chi connectivity index (χ0) is 22.5. The van der Waals surface area contributed by atoms with Crippen molar-refractivity contribution in [3.63, 3.8) is 0 Å². The highest BCUT2D eigenvalue weighted by atomic mass is 32.2. The lowest BCUT2D eigenvalue weighted by molar-refractivity contribution is 0.0604. The monoisotopic (exact) mass is 443 g/mol. The Balaban J connectivity index is 1.67. The summed E-state index contributed by atoms with van der Waals surface area (Å²) in [6.07, 6.45) is 5.30. The fraction of sp³-hybridized carbons (Fsp3) is 0.250. The highest BCUT2D eigenvalue weighted by Crippen LogP contribution is 2.37. The van der Waals surface area contributed by atoms with E-state index in [1.807, 2.05) is 12.1 Å². The first kappa shape index (κ1) is 21.6. The minimum absolute atomic E-state index is 0.0876. The lowest BCUT2D eigenvalue weighted by Gasteiger charge is -2.18. The molecule has 8 heteroatoms. The van der Waals surface area contributed by atoms with Crippen LogP contribution in [0, 0.1) is 22.7 Å². The summed E-state index contributed by atoms with van der Waals surface area (Å²) >= 11 is 1.38. The molecule has 4 rings (SSSR count). The van der Waals surface area contributed by atoms with E-state index < -0.39 is 6.10 Å². The van der Waals surface area contributed by atoms with Gasteiger partial charge >= 0.3 is 0 Å².